The van der Waals surface area contributed by atoms with Gasteiger partial charge in [0, 0.05) is 31.0 Å². The highest BCUT2D eigenvalue weighted by molar-refractivity contribution is 6.09. The van der Waals surface area contributed by atoms with Crippen LogP contribution in [-0.4, -0.2) is 54.5 Å². The molecular formula is C24H32N4O3. The lowest BCUT2D eigenvalue weighted by Gasteiger charge is -2.33. The molecule has 0 radical (unpaired) electrons. The van der Waals surface area contributed by atoms with E-state index in [-0.39, 0.29) is 23.4 Å². The third kappa shape index (κ3) is 4.88. The summed E-state index contributed by atoms with van der Waals surface area (Å²) in [5.41, 5.74) is 3.67. The van der Waals surface area contributed by atoms with Crippen LogP contribution in [0.3, 0.4) is 0 Å². The third-order valence-electron chi connectivity index (χ3n) is 5.94. The van der Waals surface area contributed by atoms with Gasteiger partial charge in [-0.05, 0) is 61.6 Å². The Morgan fingerprint density at radius 2 is 2.16 bits per heavy atom. The average Bonchev–Trinajstić information content (AvgIpc) is 2.77. The number of nitrogens with zero attached hydrogens (tertiary/aromatic N) is 2. The van der Waals surface area contributed by atoms with Crippen molar-refractivity contribution < 1.29 is 9.53 Å². The van der Waals surface area contributed by atoms with Crippen LogP contribution < -0.4 is 10.9 Å². The van der Waals surface area contributed by atoms with Crippen LogP contribution in [0.15, 0.2) is 40.2 Å². The number of amidine groups is 1. The molecule has 2 aromatic rings. The Morgan fingerprint density at radius 3 is 2.81 bits per heavy atom. The van der Waals surface area contributed by atoms with E-state index in [0.29, 0.717) is 36.7 Å². The Morgan fingerprint density at radius 1 is 1.39 bits per heavy atom. The molecule has 1 saturated heterocycles. The van der Waals surface area contributed by atoms with Gasteiger partial charge >= 0.3 is 0 Å². The molecule has 2 atom stereocenters. The second-order valence-electron chi connectivity index (χ2n) is 8.10. The highest BCUT2D eigenvalue weighted by Gasteiger charge is 2.26. The molecule has 0 spiro atoms. The number of anilines is 1. The second-order valence-corrected chi connectivity index (χ2v) is 8.10. The molecule has 0 aliphatic carbocycles. The molecule has 1 aromatic heterocycles. The summed E-state index contributed by atoms with van der Waals surface area (Å²) in [5.74, 6) is 0.758. The smallest absolute Gasteiger partial charge is 0.259 e. The number of hydrogen-bond acceptors (Lipinski definition) is 4. The predicted molar refractivity (Wildman–Crippen MR) is 124 cm³/mol. The number of hydrogen-bond donors (Lipinski definition) is 2. The summed E-state index contributed by atoms with van der Waals surface area (Å²) in [6, 6.07) is 7.61. The van der Waals surface area contributed by atoms with Crippen molar-refractivity contribution >= 4 is 17.4 Å². The van der Waals surface area contributed by atoms with E-state index in [1.165, 1.54) is 0 Å². The molecule has 7 heteroatoms. The van der Waals surface area contributed by atoms with Gasteiger partial charge in [-0.15, -0.1) is 0 Å². The molecular weight excluding hydrogens is 392 g/mol. The van der Waals surface area contributed by atoms with Crippen LogP contribution in [0.4, 0.5) is 5.69 Å². The van der Waals surface area contributed by atoms with Crippen LogP contribution in [0.2, 0.25) is 0 Å². The number of amides is 1. The summed E-state index contributed by atoms with van der Waals surface area (Å²) in [6.07, 6.45) is 2.60. The number of aromatic nitrogens is 1. The number of pyridine rings is 1. The number of ether oxygens (including phenoxy) is 1. The lowest BCUT2D eigenvalue weighted by atomic mass is 9.94. The van der Waals surface area contributed by atoms with Gasteiger partial charge in [-0.1, -0.05) is 13.8 Å². The van der Waals surface area contributed by atoms with Crippen molar-refractivity contribution in [2.75, 3.05) is 32.1 Å². The Kier molecular flexibility index (Phi) is 7.28. The summed E-state index contributed by atoms with van der Waals surface area (Å²) in [7, 11) is 1.67. The van der Waals surface area contributed by atoms with E-state index in [4.69, 9.17) is 4.74 Å². The first-order chi connectivity index (χ1) is 14.9. The number of nitrogens with one attached hydrogen (secondary N) is 2. The number of carbonyl (C=O) groups is 1. The Hall–Kier alpha value is -2.93. The van der Waals surface area contributed by atoms with E-state index in [9.17, 15) is 9.59 Å². The van der Waals surface area contributed by atoms with Gasteiger partial charge in [0.25, 0.3) is 11.5 Å². The van der Waals surface area contributed by atoms with Gasteiger partial charge in [0.1, 0.15) is 5.84 Å². The lowest BCUT2D eigenvalue weighted by Crippen LogP contribution is -2.47. The summed E-state index contributed by atoms with van der Waals surface area (Å²) in [5, 5.41) is 3.29. The van der Waals surface area contributed by atoms with Crippen molar-refractivity contribution in [1.82, 2.24) is 9.88 Å². The maximum Gasteiger partial charge on any atom is 0.259 e. The normalized spacial score (nSPS) is 18.0. The number of aliphatic imine (C=N–C) groups is 1. The Bertz CT molecular complexity index is 1030. The summed E-state index contributed by atoms with van der Waals surface area (Å²) in [4.78, 5) is 34.6. The fourth-order valence-electron chi connectivity index (χ4n) is 3.90. The molecule has 0 bridgehead atoms. The van der Waals surface area contributed by atoms with Crippen LogP contribution in [-0.2, 0) is 4.74 Å². The summed E-state index contributed by atoms with van der Waals surface area (Å²) < 4.78 is 5.44. The van der Waals surface area contributed by atoms with E-state index in [1.807, 2.05) is 43.0 Å². The minimum Gasteiger partial charge on any atom is -0.377 e. The predicted octanol–water partition coefficient (Wildman–Crippen LogP) is 3.55. The van der Waals surface area contributed by atoms with E-state index in [2.05, 4.69) is 29.1 Å². The molecule has 2 heterocycles. The van der Waals surface area contributed by atoms with Crippen molar-refractivity contribution in [2.24, 2.45) is 4.99 Å². The highest BCUT2D eigenvalue weighted by atomic mass is 16.5. The molecule has 1 amide bonds. The Balaban J connectivity index is 1.87. The first kappa shape index (κ1) is 22.7. The number of carbonyl (C=O) groups excluding carboxylic acids is 1. The van der Waals surface area contributed by atoms with Crippen LogP contribution in [0.25, 0.3) is 0 Å². The topological polar surface area (TPSA) is 86.8 Å². The molecule has 1 aliphatic heterocycles. The van der Waals surface area contributed by atoms with Gasteiger partial charge in [-0.25, -0.2) is 0 Å². The maximum atomic E-state index is 13.0. The van der Waals surface area contributed by atoms with Crippen molar-refractivity contribution in [2.45, 2.75) is 46.1 Å². The first-order valence-electron chi connectivity index (χ1n) is 10.8. The van der Waals surface area contributed by atoms with Crippen molar-refractivity contribution in [3.63, 3.8) is 0 Å². The molecule has 166 valence electrons. The van der Waals surface area contributed by atoms with Gasteiger partial charge in [0.15, 0.2) is 0 Å². The monoisotopic (exact) mass is 424 g/mol. The van der Waals surface area contributed by atoms with Gasteiger partial charge in [0.05, 0.1) is 24.8 Å². The number of aryl methyl sites for hydroxylation is 1. The highest BCUT2D eigenvalue weighted by Crippen LogP contribution is 2.23. The van der Waals surface area contributed by atoms with Crippen molar-refractivity contribution in [3.8, 4) is 0 Å². The zero-order valence-corrected chi connectivity index (χ0v) is 19.0. The summed E-state index contributed by atoms with van der Waals surface area (Å²) >= 11 is 0. The molecule has 31 heavy (non-hydrogen) atoms. The first-order valence-corrected chi connectivity index (χ1v) is 10.8. The quantitative estimate of drug-likeness (QED) is 0.568. The SMILES string of the molecule is CCC(C)c1cc[nH]c(=O)c1C(=NC)Nc1ccc(C(=O)N2CCOCC2C)c(C)c1. The number of rotatable bonds is 5. The molecule has 2 N–H and O–H groups in total. The minimum absolute atomic E-state index is 0.0165. The van der Waals surface area contributed by atoms with Crippen LogP contribution >= 0.6 is 0 Å². The molecule has 1 aromatic carbocycles. The maximum absolute atomic E-state index is 13.0. The van der Waals surface area contributed by atoms with Gasteiger partial charge in [0.2, 0.25) is 0 Å². The molecule has 7 nitrogen and oxygen atoms in total. The second kappa shape index (κ2) is 9.92. The number of morpholine rings is 1. The van der Waals surface area contributed by atoms with E-state index in [0.717, 1.165) is 23.2 Å². The third-order valence-corrected chi connectivity index (χ3v) is 5.94. The largest absolute Gasteiger partial charge is 0.377 e. The fraction of sp³-hybridized carbons (Fsp3) is 0.458. The van der Waals surface area contributed by atoms with Crippen molar-refractivity contribution in [1.29, 1.82) is 0 Å². The molecule has 0 saturated carbocycles. The molecule has 2 unspecified atom stereocenters. The van der Waals surface area contributed by atoms with Gasteiger partial charge in [-0.3, -0.25) is 14.6 Å². The van der Waals surface area contributed by atoms with Crippen LogP contribution in [0, 0.1) is 6.92 Å². The number of benzene rings is 1. The lowest BCUT2D eigenvalue weighted by molar-refractivity contribution is 0.00355. The fourth-order valence-corrected chi connectivity index (χ4v) is 3.90. The van der Waals surface area contributed by atoms with Crippen LogP contribution in [0.5, 0.6) is 0 Å². The van der Waals surface area contributed by atoms with Crippen molar-refractivity contribution in [3.05, 3.63) is 63.1 Å². The number of aromatic amines is 1. The zero-order valence-electron chi connectivity index (χ0n) is 19.0. The van der Waals surface area contributed by atoms with E-state index in [1.54, 1.807) is 13.2 Å². The number of H-pyrrole nitrogens is 1. The molecule has 1 aliphatic rings. The minimum atomic E-state index is -0.171. The standard InChI is InChI=1S/C24H32N4O3/c1-6-15(2)19-9-10-26-23(29)21(19)22(25-5)27-18-7-8-20(16(3)13-18)24(30)28-11-12-31-14-17(28)4/h7-10,13,15,17H,6,11-12,14H2,1-5H3,(H,25,27)(H,26,29). The zero-order chi connectivity index (χ0) is 22.5. The Labute approximate surface area is 183 Å². The summed E-state index contributed by atoms with van der Waals surface area (Å²) in [6.45, 7) is 9.84. The van der Waals surface area contributed by atoms with Gasteiger partial charge in [-0.2, -0.15) is 0 Å². The van der Waals surface area contributed by atoms with Gasteiger partial charge < -0.3 is 19.9 Å². The van der Waals surface area contributed by atoms with E-state index < -0.39 is 0 Å². The average molecular weight is 425 g/mol. The van der Waals surface area contributed by atoms with Crippen LogP contribution in [0.1, 0.15) is 60.2 Å². The molecule has 1 fully saturated rings. The molecule has 3 rings (SSSR count). The van der Waals surface area contributed by atoms with E-state index >= 15 is 0 Å².